The molecule has 15 rings (SSSR count). The minimum absolute atomic E-state index is 0.0124. The number of unbranched alkanes of at least 4 members (excludes halogenated alkanes) is 12. The molecule has 0 nitrogen and oxygen atoms in total. The van der Waals surface area contributed by atoms with Crippen molar-refractivity contribution in [3.05, 3.63) is 252 Å². The molecule has 0 heterocycles. The molecule has 0 spiro atoms. The maximum absolute atomic E-state index is 2.72. The lowest BCUT2D eigenvalue weighted by Crippen LogP contribution is -2.25. The molecule has 0 fully saturated rings. The Hall–Kier alpha value is -8.32. The fraction of sp³-hybridized carbons (Fsp3) is 0.312. The van der Waals surface area contributed by atoms with Gasteiger partial charge in [0.2, 0.25) is 0 Å². The van der Waals surface area contributed by atoms with Crippen molar-refractivity contribution in [1.82, 2.24) is 0 Å². The van der Waals surface area contributed by atoms with Gasteiger partial charge in [-0.2, -0.15) is 0 Å². The topological polar surface area (TPSA) is 0 Å². The van der Waals surface area contributed by atoms with Crippen LogP contribution in [0, 0.1) is 0 Å². The molecule has 0 aromatic heterocycles. The van der Waals surface area contributed by atoms with Crippen molar-refractivity contribution in [2.24, 2.45) is 0 Å². The van der Waals surface area contributed by atoms with E-state index < -0.39 is 0 Å². The molecule has 0 heteroatoms. The van der Waals surface area contributed by atoms with E-state index in [-0.39, 0.29) is 16.2 Å². The first-order valence-corrected chi connectivity index (χ1v) is 36.4. The first kappa shape index (κ1) is 60.9. The molecular weight excluding hydrogens is 1120 g/mol. The Morgan fingerprint density at radius 1 is 0.215 bits per heavy atom. The molecule has 0 aliphatic heterocycles. The van der Waals surface area contributed by atoms with Gasteiger partial charge in [0.15, 0.2) is 0 Å². The largest absolute Gasteiger partial charge is 0.0654 e. The lowest BCUT2D eigenvalue weighted by Gasteiger charge is -2.34. The van der Waals surface area contributed by atoms with Crippen LogP contribution in [-0.2, 0) is 16.2 Å². The zero-order valence-electron chi connectivity index (χ0n) is 56.4. The van der Waals surface area contributed by atoms with Gasteiger partial charge in [-0.1, -0.05) is 338 Å². The highest BCUT2D eigenvalue weighted by atomic mass is 14.5. The van der Waals surface area contributed by atoms with Crippen LogP contribution in [0.25, 0.3) is 121 Å². The zero-order valence-corrected chi connectivity index (χ0v) is 56.4. The van der Waals surface area contributed by atoms with E-state index in [4.69, 9.17) is 0 Å². The molecule has 93 heavy (non-hydrogen) atoms. The van der Waals surface area contributed by atoms with Gasteiger partial charge in [-0.3, -0.25) is 0 Å². The van der Waals surface area contributed by atoms with Gasteiger partial charge in [0, 0.05) is 16.2 Å². The van der Waals surface area contributed by atoms with Crippen LogP contribution < -0.4 is 0 Å². The summed E-state index contributed by atoms with van der Waals surface area (Å²) in [5.74, 6) is 0. The summed E-state index contributed by atoms with van der Waals surface area (Å²) in [7, 11) is 0. The van der Waals surface area contributed by atoms with E-state index >= 15 is 0 Å². The lowest BCUT2D eigenvalue weighted by molar-refractivity contribution is 0.401. The van der Waals surface area contributed by atoms with E-state index in [1.54, 1.807) is 11.1 Å². The fourth-order valence-electron chi connectivity index (χ4n) is 18.5. The van der Waals surface area contributed by atoms with E-state index in [0.717, 1.165) is 12.8 Å². The molecule has 466 valence electrons. The minimum atomic E-state index is -0.147. The van der Waals surface area contributed by atoms with Gasteiger partial charge in [-0.15, -0.1) is 0 Å². The van der Waals surface area contributed by atoms with Crippen LogP contribution in [0.1, 0.15) is 203 Å². The molecule has 12 aromatic carbocycles. The van der Waals surface area contributed by atoms with Crippen LogP contribution in [-0.4, -0.2) is 0 Å². The van der Waals surface area contributed by atoms with Crippen LogP contribution >= 0.6 is 0 Å². The van der Waals surface area contributed by atoms with Crippen molar-refractivity contribution >= 4 is 43.1 Å². The van der Waals surface area contributed by atoms with Gasteiger partial charge >= 0.3 is 0 Å². The van der Waals surface area contributed by atoms with Gasteiger partial charge in [0.25, 0.3) is 0 Å². The molecular formula is C93H94. The normalized spacial score (nSPS) is 14.4. The number of benzene rings is 12. The predicted molar refractivity (Wildman–Crippen MR) is 403 cm³/mol. The number of rotatable bonds is 24. The van der Waals surface area contributed by atoms with E-state index in [1.165, 1.54) is 259 Å². The molecule has 0 N–H and O–H groups in total. The molecule has 12 aromatic rings. The van der Waals surface area contributed by atoms with Gasteiger partial charge in [-0.25, -0.2) is 0 Å². The van der Waals surface area contributed by atoms with Gasteiger partial charge in [-0.05, 0) is 204 Å². The summed E-state index contributed by atoms with van der Waals surface area (Å²) in [6.07, 6.45) is 24.9. The van der Waals surface area contributed by atoms with E-state index in [2.05, 4.69) is 260 Å². The van der Waals surface area contributed by atoms with Gasteiger partial charge in [0.1, 0.15) is 0 Å². The van der Waals surface area contributed by atoms with E-state index in [1.807, 2.05) is 0 Å². The number of hydrogen-bond donors (Lipinski definition) is 0. The van der Waals surface area contributed by atoms with Crippen molar-refractivity contribution in [3.63, 3.8) is 0 Å². The first-order valence-electron chi connectivity index (χ1n) is 36.4. The average Bonchev–Trinajstić information content (AvgIpc) is 1.66. The number of hydrogen-bond acceptors (Lipinski definition) is 0. The highest BCUT2D eigenvalue weighted by molar-refractivity contribution is 6.23. The second-order valence-electron chi connectivity index (χ2n) is 28.8. The molecule has 0 unspecified atom stereocenters. The third kappa shape index (κ3) is 10.2. The van der Waals surface area contributed by atoms with Gasteiger partial charge in [0.05, 0.1) is 0 Å². The molecule has 3 aliphatic carbocycles. The summed E-state index contributed by atoms with van der Waals surface area (Å²) in [4.78, 5) is 0. The highest BCUT2D eigenvalue weighted by Crippen LogP contribution is 2.60. The maximum Gasteiger partial charge on any atom is 0.0215 e. The quantitative estimate of drug-likeness (QED) is 0.0418. The summed E-state index contributed by atoms with van der Waals surface area (Å²) in [6.45, 7) is 14.2. The van der Waals surface area contributed by atoms with Crippen LogP contribution in [0.15, 0.2) is 218 Å². The molecule has 0 saturated carbocycles. The SMILES string of the molecule is CCCCCCC1(CCCCCC)c2ccccc2-c2ccc(-c3c4ccccc4c(-c4ccc5c(c4)C(CCCCCC)(CCCCCC)c4cc(-c6c7ccccc7c(-c7ccc8c(c7)C(C)(C)c7ccccc7-8)c7ccccc67)ccc4-5)c4ccccc34)cc21. The lowest BCUT2D eigenvalue weighted by atomic mass is 9.69. The Kier molecular flexibility index (Phi) is 16.7. The monoisotopic (exact) mass is 1210 g/mol. The third-order valence-electron chi connectivity index (χ3n) is 23.1. The molecule has 3 aliphatic rings. The van der Waals surface area contributed by atoms with Crippen LogP contribution in [0.3, 0.4) is 0 Å². The summed E-state index contributed by atoms with van der Waals surface area (Å²) in [5.41, 5.74) is 28.0. The zero-order chi connectivity index (χ0) is 63.3. The van der Waals surface area contributed by atoms with Crippen molar-refractivity contribution < 1.29 is 0 Å². The van der Waals surface area contributed by atoms with Crippen LogP contribution in [0.2, 0.25) is 0 Å². The van der Waals surface area contributed by atoms with Crippen LogP contribution in [0.4, 0.5) is 0 Å². The molecule has 0 bridgehead atoms. The maximum atomic E-state index is 2.72. The Balaban J connectivity index is 0.891. The molecule has 0 amide bonds. The second-order valence-corrected chi connectivity index (χ2v) is 28.8. The van der Waals surface area contributed by atoms with Crippen molar-refractivity contribution in [1.29, 1.82) is 0 Å². The summed E-state index contributed by atoms with van der Waals surface area (Å²) in [5, 5.41) is 10.6. The minimum Gasteiger partial charge on any atom is -0.0654 e. The standard InChI is InChI=1S/C93H94/c1-7-11-15-31-55-92(56-32-16-12-8-2)82-46-30-28-36-68(82)70-52-48-64(60-84(70)92)88-77-41-23-25-43-79(77)90(80-44-26-24-42-78(80)88)66-50-54-72-71-53-49-65(61-85(71)93(86(72)62-66,57-33-17-13-9-3)58-34-18-14-10-4)89-75-39-21-19-37-73(75)87(74-38-20-22-40-76(74)89)63-47-51-69-67-35-27-29-45-81(67)91(5,6)83(69)59-63/h19-30,35-54,59-62H,7-18,31-34,55-58H2,1-6H3. The van der Waals surface area contributed by atoms with Crippen molar-refractivity contribution in [3.8, 4) is 77.9 Å². The summed E-state index contributed by atoms with van der Waals surface area (Å²) < 4.78 is 0. The van der Waals surface area contributed by atoms with E-state index in [9.17, 15) is 0 Å². The average molecular weight is 1210 g/mol. The molecule has 0 saturated heterocycles. The highest BCUT2D eigenvalue weighted by Gasteiger charge is 2.45. The summed E-state index contributed by atoms with van der Waals surface area (Å²) >= 11 is 0. The fourth-order valence-corrected chi connectivity index (χ4v) is 18.5. The van der Waals surface area contributed by atoms with Crippen molar-refractivity contribution in [2.75, 3.05) is 0 Å². The second kappa shape index (κ2) is 25.5. The molecule has 0 radical (unpaired) electrons. The Labute approximate surface area is 555 Å². The molecule has 0 atom stereocenters. The van der Waals surface area contributed by atoms with E-state index in [0.29, 0.717) is 0 Å². The summed E-state index contributed by atoms with van der Waals surface area (Å²) in [6, 6.07) is 86.7. The van der Waals surface area contributed by atoms with Gasteiger partial charge < -0.3 is 0 Å². The first-order chi connectivity index (χ1) is 45.7. The Morgan fingerprint density at radius 3 is 0.763 bits per heavy atom. The Morgan fingerprint density at radius 2 is 0.452 bits per heavy atom. The smallest absolute Gasteiger partial charge is 0.0215 e. The third-order valence-corrected chi connectivity index (χ3v) is 23.1. The Bertz CT molecular complexity index is 4650. The van der Waals surface area contributed by atoms with Crippen molar-refractivity contribution in [2.45, 2.75) is 186 Å². The predicted octanol–water partition coefficient (Wildman–Crippen LogP) is 27.7. The van der Waals surface area contributed by atoms with Crippen LogP contribution in [0.5, 0.6) is 0 Å². The number of fused-ring (bicyclic) bond motifs is 13.